The van der Waals surface area contributed by atoms with E-state index in [0.717, 1.165) is 5.56 Å². The molecule has 0 spiro atoms. The summed E-state index contributed by atoms with van der Waals surface area (Å²) in [7, 11) is 0. The van der Waals surface area contributed by atoms with Crippen LogP contribution < -0.4 is 4.74 Å². The minimum absolute atomic E-state index is 0.437. The van der Waals surface area contributed by atoms with Gasteiger partial charge in [-0.3, -0.25) is 4.98 Å². The maximum Gasteiger partial charge on any atom is 0.146 e. The van der Waals surface area contributed by atoms with Gasteiger partial charge >= 0.3 is 0 Å². The number of nitrogens with zero attached hydrogens (tertiary/aromatic N) is 1. The van der Waals surface area contributed by atoms with E-state index in [-0.39, 0.29) is 0 Å². The van der Waals surface area contributed by atoms with Gasteiger partial charge in [0.15, 0.2) is 0 Å². The van der Waals surface area contributed by atoms with Gasteiger partial charge in [-0.25, -0.2) is 0 Å². The van der Waals surface area contributed by atoms with Crippen LogP contribution in [0, 0.1) is 0 Å². The van der Waals surface area contributed by atoms with Crippen LogP contribution in [0.4, 0.5) is 0 Å². The first-order valence-electron chi connectivity index (χ1n) is 4.72. The Morgan fingerprint density at radius 1 is 1.25 bits per heavy atom. The van der Waals surface area contributed by atoms with Crippen molar-refractivity contribution in [1.29, 1.82) is 0 Å². The molecule has 0 aliphatic carbocycles. The second-order valence-electron chi connectivity index (χ2n) is 3.19. The summed E-state index contributed by atoms with van der Waals surface area (Å²) >= 11 is 11.8. The Bertz CT molecular complexity index is 474. The van der Waals surface area contributed by atoms with Crippen LogP contribution in [0.25, 0.3) is 0 Å². The van der Waals surface area contributed by atoms with E-state index in [0.29, 0.717) is 22.4 Å². The van der Waals surface area contributed by atoms with Gasteiger partial charge in [-0.1, -0.05) is 17.7 Å². The largest absolute Gasteiger partial charge is 0.454 e. The van der Waals surface area contributed by atoms with Gasteiger partial charge < -0.3 is 4.74 Å². The van der Waals surface area contributed by atoms with Gasteiger partial charge in [0.05, 0.1) is 11.2 Å². The van der Waals surface area contributed by atoms with Crippen molar-refractivity contribution >= 4 is 23.2 Å². The highest BCUT2D eigenvalue weighted by Crippen LogP contribution is 2.29. The average Bonchev–Trinajstić information content (AvgIpc) is 2.33. The minimum atomic E-state index is 0.437. The van der Waals surface area contributed by atoms with Crippen molar-refractivity contribution in [1.82, 2.24) is 4.98 Å². The van der Waals surface area contributed by atoms with Crippen molar-refractivity contribution in [2.45, 2.75) is 5.88 Å². The normalized spacial score (nSPS) is 10.1. The maximum atomic E-state index is 6.05. The molecule has 2 rings (SSSR count). The summed E-state index contributed by atoms with van der Waals surface area (Å²) in [6.07, 6.45) is 3.32. The number of hydrogen-bond donors (Lipinski definition) is 0. The first kappa shape index (κ1) is 11.2. The molecule has 0 amide bonds. The lowest BCUT2D eigenvalue weighted by Crippen LogP contribution is -1.87. The lowest BCUT2D eigenvalue weighted by atomic mass is 10.2. The molecule has 0 N–H and O–H groups in total. The van der Waals surface area contributed by atoms with Crippen LogP contribution in [0.2, 0.25) is 5.02 Å². The zero-order chi connectivity index (χ0) is 11.4. The molecule has 0 fully saturated rings. The third-order valence-corrected chi connectivity index (χ3v) is 2.62. The molecular formula is C12H9Cl2NO. The van der Waals surface area contributed by atoms with Gasteiger partial charge in [0.2, 0.25) is 0 Å². The molecule has 4 heteroatoms. The van der Waals surface area contributed by atoms with Gasteiger partial charge in [-0.05, 0) is 29.8 Å². The average molecular weight is 254 g/mol. The summed E-state index contributed by atoms with van der Waals surface area (Å²) in [6, 6.07) is 9.09. The number of aromatic nitrogens is 1. The van der Waals surface area contributed by atoms with Gasteiger partial charge in [0.25, 0.3) is 0 Å². The zero-order valence-electron chi connectivity index (χ0n) is 8.36. The predicted molar refractivity (Wildman–Crippen MR) is 65.3 cm³/mol. The van der Waals surface area contributed by atoms with Crippen molar-refractivity contribution in [3.8, 4) is 11.5 Å². The van der Waals surface area contributed by atoms with Crippen molar-refractivity contribution in [3.05, 3.63) is 53.3 Å². The van der Waals surface area contributed by atoms with Crippen LogP contribution >= 0.6 is 23.2 Å². The van der Waals surface area contributed by atoms with Gasteiger partial charge in [-0.2, -0.15) is 0 Å². The topological polar surface area (TPSA) is 22.1 Å². The molecule has 1 heterocycles. The number of alkyl halides is 1. The maximum absolute atomic E-state index is 6.05. The lowest BCUT2D eigenvalue weighted by molar-refractivity contribution is 0.480. The van der Waals surface area contributed by atoms with E-state index in [1.54, 1.807) is 30.6 Å². The molecule has 0 unspecified atom stereocenters. The summed E-state index contributed by atoms with van der Waals surface area (Å²) in [5.74, 6) is 1.69. The third kappa shape index (κ3) is 2.65. The zero-order valence-corrected chi connectivity index (χ0v) is 9.87. The second kappa shape index (κ2) is 5.19. The molecule has 1 aromatic heterocycles. The van der Waals surface area contributed by atoms with Crippen molar-refractivity contribution in [2.75, 3.05) is 0 Å². The molecule has 0 saturated heterocycles. The number of pyridine rings is 1. The molecule has 0 aliphatic heterocycles. The van der Waals surface area contributed by atoms with Crippen LogP contribution in [0.3, 0.4) is 0 Å². The Hall–Kier alpha value is -1.25. The summed E-state index contributed by atoms with van der Waals surface area (Å²) < 4.78 is 5.57. The molecule has 1 aromatic carbocycles. The van der Waals surface area contributed by atoms with Crippen molar-refractivity contribution < 1.29 is 4.74 Å². The molecule has 0 saturated carbocycles. The summed E-state index contributed by atoms with van der Waals surface area (Å²) in [6.45, 7) is 0. The molecule has 0 radical (unpaired) electrons. The monoisotopic (exact) mass is 253 g/mol. The summed E-state index contributed by atoms with van der Waals surface area (Å²) in [5.41, 5.74) is 0.963. The molecule has 0 aliphatic rings. The minimum Gasteiger partial charge on any atom is -0.454 e. The molecular weight excluding hydrogens is 245 g/mol. The third-order valence-electron chi connectivity index (χ3n) is 2.01. The van der Waals surface area contributed by atoms with Crippen molar-refractivity contribution in [3.63, 3.8) is 0 Å². The van der Waals surface area contributed by atoms with E-state index < -0.39 is 0 Å². The number of rotatable bonds is 3. The fourth-order valence-electron chi connectivity index (χ4n) is 1.24. The van der Waals surface area contributed by atoms with E-state index in [4.69, 9.17) is 27.9 Å². The summed E-state index contributed by atoms with van der Waals surface area (Å²) in [5, 5.41) is 0.544. The molecule has 82 valence electrons. The number of ether oxygens (including phenoxy) is 1. The fourth-order valence-corrected chi connectivity index (χ4v) is 1.65. The molecule has 2 nitrogen and oxygen atoms in total. The predicted octanol–water partition coefficient (Wildman–Crippen LogP) is 4.27. The van der Waals surface area contributed by atoms with E-state index in [1.165, 1.54) is 0 Å². The molecule has 0 bridgehead atoms. The Kier molecular flexibility index (Phi) is 3.65. The SMILES string of the molecule is ClCc1ccc(Oc2cccnc2)c(Cl)c1. The van der Waals surface area contributed by atoms with Crippen LogP contribution in [0.15, 0.2) is 42.7 Å². The Morgan fingerprint density at radius 2 is 2.12 bits per heavy atom. The van der Waals surface area contributed by atoms with E-state index in [9.17, 15) is 0 Å². The van der Waals surface area contributed by atoms with Crippen LogP contribution in [-0.4, -0.2) is 4.98 Å². The fraction of sp³-hybridized carbons (Fsp3) is 0.0833. The van der Waals surface area contributed by atoms with Gasteiger partial charge in [-0.15, -0.1) is 11.6 Å². The smallest absolute Gasteiger partial charge is 0.146 e. The standard InChI is InChI=1S/C12H9Cl2NO/c13-7-9-3-4-12(11(14)6-9)16-10-2-1-5-15-8-10/h1-6,8H,7H2. The quantitative estimate of drug-likeness (QED) is 0.763. The van der Waals surface area contributed by atoms with E-state index >= 15 is 0 Å². The molecule has 2 aromatic rings. The Labute approximate surface area is 104 Å². The van der Waals surface area contributed by atoms with Crippen LogP contribution in [0.1, 0.15) is 5.56 Å². The Morgan fingerprint density at radius 3 is 2.75 bits per heavy atom. The highest BCUT2D eigenvalue weighted by atomic mass is 35.5. The van der Waals surface area contributed by atoms with Crippen LogP contribution in [0.5, 0.6) is 11.5 Å². The van der Waals surface area contributed by atoms with Crippen molar-refractivity contribution in [2.24, 2.45) is 0 Å². The molecule has 16 heavy (non-hydrogen) atoms. The number of halogens is 2. The highest BCUT2D eigenvalue weighted by molar-refractivity contribution is 6.32. The second-order valence-corrected chi connectivity index (χ2v) is 3.86. The van der Waals surface area contributed by atoms with E-state index in [1.807, 2.05) is 12.1 Å². The van der Waals surface area contributed by atoms with E-state index in [2.05, 4.69) is 4.98 Å². The summed E-state index contributed by atoms with van der Waals surface area (Å²) in [4.78, 5) is 3.96. The Balaban J connectivity index is 2.22. The number of benzene rings is 1. The first-order valence-corrected chi connectivity index (χ1v) is 5.63. The number of hydrogen-bond acceptors (Lipinski definition) is 2. The van der Waals surface area contributed by atoms with Gasteiger partial charge in [0, 0.05) is 12.1 Å². The lowest BCUT2D eigenvalue weighted by Gasteiger charge is -2.07. The highest BCUT2D eigenvalue weighted by Gasteiger charge is 2.04. The van der Waals surface area contributed by atoms with Crippen LogP contribution in [-0.2, 0) is 5.88 Å². The van der Waals surface area contributed by atoms with Gasteiger partial charge in [0.1, 0.15) is 11.5 Å². The first-order chi connectivity index (χ1) is 7.79. The molecule has 0 atom stereocenters.